The van der Waals surface area contributed by atoms with E-state index in [9.17, 15) is 14.7 Å². The van der Waals surface area contributed by atoms with Crippen LogP contribution >= 0.6 is 11.8 Å². The summed E-state index contributed by atoms with van der Waals surface area (Å²) in [7, 11) is 1.59. The van der Waals surface area contributed by atoms with Crippen molar-refractivity contribution in [3.63, 3.8) is 0 Å². The minimum atomic E-state index is -0.595. The van der Waals surface area contributed by atoms with E-state index in [0.717, 1.165) is 16.9 Å². The minimum absolute atomic E-state index is 0.102. The predicted molar refractivity (Wildman–Crippen MR) is 118 cm³/mol. The highest BCUT2D eigenvalue weighted by Gasteiger charge is 2.53. The summed E-state index contributed by atoms with van der Waals surface area (Å²) < 4.78 is 10.6. The van der Waals surface area contributed by atoms with Gasteiger partial charge in [0.25, 0.3) is 5.91 Å². The maximum Gasteiger partial charge on any atom is 0.355 e. The number of thioether (sulfide) groups is 1. The van der Waals surface area contributed by atoms with Crippen LogP contribution in [0.15, 0.2) is 64.8 Å². The first-order valence-corrected chi connectivity index (χ1v) is 10.8. The average molecular weight is 439 g/mol. The number of hydrogen-bond donors (Lipinski definition) is 1. The summed E-state index contributed by atoms with van der Waals surface area (Å²) >= 11 is 1.56. The van der Waals surface area contributed by atoms with E-state index in [1.54, 1.807) is 55.3 Å². The number of β-lactam (4-membered cyclic amide) rings is 1. The summed E-state index contributed by atoms with van der Waals surface area (Å²) in [6, 6.07) is 13.4. The SMILES string of the molecule is COc1ccc(COC(=O)C2=C(C)CSC3C(N=Cc4ccccc4O)C(=O)N23)cc1. The van der Waals surface area contributed by atoms with Gasteiger partial charge in [-0.3, -0.25) is 14.7 Å². The van der Waals surface area contributed by atoms with Gasteiger partial charge in [-0.2, -0.15) is 0 Å². The molecule has 1 N–H and O–H groups in total. The van der Waals surface area contributed by atoms with Gasteiger partial charge in [0, 0.05) is 17.5 Å². The Balaban J connectivity index is 1.44. The number of esters is 1. The lowest BCUT2D eigenvalue weighted by molar-refractivity contribution is -0.151. The Labute approximate surface area is 184 Å². The number of aliphatic imine (C=N–C) groups is 1. The van der Waals surface area contributed by atoms with Crippen molar-refractivity contribution in [3.05, 3.63) is 70.9 Å². The molecule has 4 rings (SSSR count). The van der Waals surface area contributed by atoms with Crippen LogP contribution in [0.1, 0.15) is 18.1 Å². The molecule has 2 aliphatic rings. The monoisotopic (exact) mass is 438 g/mol. The van der Waals surface area contributed by atoms with Crippen LogP contribution in [0.5, 0.6) is 11.5 Å². The third kappa shape index (κ3) is 4.16. The fourth-order valence-corrected chi connectivity index (χ4v) is 4.73. The number of aromatic hydroxyl groups is 1. The molecule has 2 aromatic rings. The van der Waals surface area contributed by atoms with Crippen LogP contribution in [-0.4, -0.2) is 52.4 Å². The number of carbonyl (C=O) groups excluding carboxylic acids is 2. The Morgan fingerprint density at radius 2 is 2.00 bits per heavy atom. The highest BCUT2D eigenvalue weighted by molar-refractivity contribution is 8.00. The third-order valence-corrected chi connectivity index (χ3v) is 6.57. The smallest absolute Gasteiger partial charge is 0.355 e. The largest absolute Gasteiger partial charge is 0.507 e. The van der Waals surface area contributed by atoms with E-state index >= 15 is 0 Å². The molecule has 8 heteroatoms. The first-order chi connectivity index (χ1) is 15.0. The lowest BCUT2D eigenvalue weighted by Gasteiger charge is -2.47. The molecule has 2 aliphatic heterocycles. The second kappa shape index (κ2) is 8.85. The molecule has 0 spiro atoms. The molecule has 0 saturated carbocycles. The Kier molecular flexibility index (Phi) is 5.99. The van der Waals surface area contributed by atoms with Gasteiger partial charge >= 0.3 is 5.97 Å². The normalized spacial score (nSPS) is 20.5. The molecule has 2 unspecified atom stereocenters. The Morgan fingerprint density at radius 1 is 1.26 bits per heavy atom. The molecule has 2 aromatic carbocycles. The molecule has 0 radical (unpaired) electrons. The van der Waals surface area contributed by atoms with Crippen molar-refractivity contribution in [1.29, 1.82) is 0 Å². The predicted octanol–water partition coefficient (Wildman–Crippen LogP) is 3.12. The highest BCUT2D eigenvalue weighted by atomic mass is 32.2. The number of phenols is 1. The summed E-state index contributed by atoms with van der Waals surface area (Å²) in [6.45, 7) is 1.94. The van der Waals surface area contributed by atoms with Gasteiger partial charge < -0.3 is 14.6 Å². The number of methoxy groups -OCH3 is 1. The van der Waals surface area contributed by atoms with Crippen molar-refractivity contribution in [3.8, 4) is 11.5 Å². The lowest BCUT2D eigenvalue weighted by Crippen LogP contribution is -2.64. The van der Waals surface area contributed by atoms with E-state index in [4.69, 9.17) is 9.47 Å². The van der Waals surface area contributed by atoms with Crippen molar-refractivity contribution in [2.45, 2.75) is 24.9 Å². The van der Waals surface area contributed by atoms with Gasteiger partial charge in [0.05, 0.1) is 7.11 Å². The van der Waals surface area contributed by atoms with E-state index < -0.39 is 12.0 Å². The van der Waals surface area contributed by atoms with Crippen molar-refractivity contribution >= 4 is 29.9 Å². The highest BCUT2D eigenvalue weighted by Crippen LogP contribution is 2.42. The average Bonchev–Trinajstić information content (AvgIpc) is 2.79. The van der Waals surface area contributed by atoms with Crippen LogP contribution in [0.25, 0.3) is 0 Å². The van der Waals surface area contributed by atoms with Gasteiger partial charge in [-0.25, -0.2) is 4.79 Å². The van der Waals surface area contributed by atoms with Gasteiger partial charge in [-0.1, -0.05) is 24.3 Å². The summed E-state index contributed by atoms with van der Waals surface area (Å²) in [5, 5.41) is 9.61. The number of rotatable bonds is 6. The van der Waals surface area contributed by atoms with E-state index in [2.05, 4.69) is 4.99 Å². The zero-order chi connectivity index (χ0) is 22.0. The molecule has 0 aliphatic carbocycles. The van der Waals surface area contributed by atoms with Crippen molar-refractivity contribution in [1.82, 2.24) is 4.90 Å². The number of ether oxygens (including phenoxy) is 2. The molecule has 0 bridgehead atoms. The number of amides is 1. The van der Waals surface area contributed by atoms with E-state index in [1.807, 2.05) is 19.1 Å². The van der Waals surface area contributed by atoms with Crippen LogP contribution in [0, 0.1) is 0 Å². The Hall–Kier alpha value is -3.26. The number of carbonyl (C=O) groups is 2. The van der Waals surface area contributed by atoms with E-state index in [1.165, 1.54) is 11.1 Å². The van der Waals surface area contributed by atoms with Gasteiger partial charge in [-0.05, 0) is 42.3 Å². The maximum absolute atomic E-state index is 12.8. The minimum Gasteiger partial charge on any atom is -0.507 e. The molecule has 0 aromatic heterocycles. The Morgan fingerprint density at radius 3 is 2.71 bits per heavy atom. The van der Waals surface area contributed by atoms with E-state index in [0.29, 0.717) is 17.0 Å². The number of fused-ring (bicyclic) bond motifs is 1. The number of benzene rings is 2. The number of hydrogen-bond acceptors (Lipinski definition) is 7. The quantitative estimate of drug-likeness (QED) is 0.424. The molecule has 31 heavy (non-hydrogen) atoms. The number of phenolic OH excluding ortho intramolecular Hbond substituents is 1. The van der Waals surface area contributed by atoms with E-state index in [-0.39, 0.29) is 23.6 Å². The van der Waals surface area contributed by atoms with Gasteiger partial charge in [0.1, 0.15) is 29.2 Å². The summed E-state index contributed by atoms with van der Waals surface area (Å²) in [5.74, 6) is 0.672. The van der Waals surface area contributed by atoms with Gasteiger partial charge in [0.2, 0.25) is 0 Å². The molecular weight excluding hydrogens is 416 g/mol. The maximum atomic E-state index is 12.8. The second-order valence-electron chi connectivity index (χ2n) is 7.24. The van der Waals surface area contributed by atoms with Crippen LogP contribution in [0.4, 0.5) is 0 Å². The van der Waals surface area contributed by atoms with Gasteiger partial charge in [0.15, 0.2) is 6.04 Å². The zero-order valence-electron chi connectivity index (χ0n) is 17.1. The van der Waals surface area contributed by atoms with Crippen LogP contribution in [0.2, 0.25) is 0 Å². The van der Waals surface area contributed by atoms with Crippen LogP contribution in [0.3, 0.4) is 0 Å². The van der Waals surface area contributed by atoms with Crippen molar-refractivity contribution in [2.24, 2.45) is 4.99 Å². The van der Waals surface area contributed by atoms with Crippen LogP contribution < -0.4 is 4.74 Å². The molecule has 1 amide bonds. The van der Waals surface area contributed by atoms with Crippen LogP contribution in [-0.2, 0) is 20.9 Å². The first-order valence-electron chi connectivity index (χ1n) is 9.75. The molecule has 2 heterocycles. The lowest BCUT2D eigenvalue weighted by atomic mass is 10.0. The summed E-state index contributed by atoms with van der Waals surface area (Å²) in [6.07, 6.45) is 1.50. The fourth-order valence-electron chi connectivity index (χ4n) is 3.44. The molecular formula is C23H22N2O5S. The summed E-state index contributed by atoms with van der Waals surface area (Å²) in [5.41, 5.74) is 2.48. The molecule has 1 saturated heterocycles. The molecule has 1 fully saturated rings. The zero-order valence-corrected chi connectivity index (χ0v) is 18.0. The van der Waals surface area contributed by atoms with Crippen molar-refractivity contribution < 1.29 is 24.2 Å². The van der Waals surface area contributed by atoms with Gasteiger partial charge in [-0.15, -0.1) is 11.8 Å². The van der Waals surface area contributed by atoms with Crippen molar-refractivity contribution in [2.75, 3.05) is 12.9 Å². The third-order valence-electron chi connectivity index (χ3n) is 5.16. The summed E-state index contributed by atoms with van der Waals surface area (Å²) in [4.78, 5) is 31.4. The number of para-hydroxylation sites is 1. The standard InChI is InChI=1S/C23H22N2O5S/c1-14-13-31-22-19(24-11-16-5-3-4-6-18(16)26)21(27)25(22)20(14)23(28)30-12-15-7-9-17(29-2)10-8-15/h3-11,19,22,26H,12-13H2,1-2H3. The molecule has 7 nitrogen and oxygen atoms in total. The second-order valence-corrected chi connectivity index (χ2v) is 8.35. The first kappa shape index (κ1) is 21.0. The molecule has 160 valence electrons. The topological polar surface area (TPSA) is 88.4 Å². The Bertz CT molecular complexity index is 1060. The number of nitrogens with zero attached hydrogens (tertiary/aromatic N) is 2. The molecule has 2 atom stereocenters. The fraction of sp³-hybridized carbons (Fsp3) is 0.261.